The lowest BCUT2D eigenvalue weighted by Crippen LogP contribution is -2.22. The summed E-state index contributed by atoms with van der Waals surface area (Å²) in [5.41, 5.74) is -1.34. The average Bonchev–Trinajstić information content (AvgIpc) is 3.16. The molecule has 0 saturated heterocycles. The number of hydrogen-bond donors (Lipinski definition) is 2. The van der Waals surface area contributed by atoms with Gasteiger partial charge in [0.05, 0.1) is 29.8 Å². The number of aromatic nitrogens is 3. The Labute approximate surface area is 171 Å². The molecule has 2 heterocycles. The van der Waals surface area contributed by atoms with Gasteiger partial charge < -0.3 is 15.2 Å². The van der Waals surface area contributed by atoms with Gasteiger partial charge in [0.15, 0.2) is 11.6 Å². The number of alkyl halides is 3. The van der Waals surface area contributed by atoms with E-state index in [1.54, 1.807) is 5.38 Å². The Bertz CT molecular complexity index is 1130. The second-order valence-electron chi connectivity index (χ2n) is 5.98. The highest BCUT2D eigenvalue weighted by molar-refractivity contribution is 7.09. The lowest BCUT2D eigenvalue weighted by atomic mass is 10.2. The molecule has 0 aliphatic carbocycles. The highest BCUT2D eigenvalue weighted by Gasteiger charge is 2.31. The normalized spacial score (nSPS) is 11.3. The number of anilines is 2. The minimum atomic E-state index is -4.54. The number of aryl methyl sites for hydroxylation is 1. The maximum absolute atomic E-state index is 12.9. The Morgan fingerprint density at radius 3 is 2.80 bits per heavy atom. The first kappa shape index (κ1) is 21.3. The molecule has 0 aliphatic rings. The van der Waals surface area contributed by atoms with Crippen molar-refractivity contribution < 1.29 is 27.8 Å². The molecule has 0 atom stereocenters. The van der Waals surface area contributed by atoms with Crippen LogP contribution < -0.4 is 15.6 Å². The van der Waals surface area contributed by atoms with E-state index in [9.17, 15) is 22.8 Å². The average molecular weight is 440 g/mol. The van der Waals surface area contributed by atoms with Crippen LogP contribution in [0.5, 0.6) is 5.75 Å². The van der Waals surface area contributed by atoms with E-state index in [4.69, 9.17) is 9.84 Å². The van der Waals surface area contributed by atoms with Crippen LogP contribution in [0.15, 0.2) is 40.8 Å². The van der Waals surface area contributed by atoms with E-state index < -0.39 is 23.3 Å². The largest absolute Gasteiger partial charge is 0.495 e. The molecular weight excluding hydrogens is 425 g/mol. The van der Waals surface area contributed by atoms with Gasteiger partial charge in [-0.1, -0.05) is 0 Å². The number of thiazole rings is 1. The second-order valence-corrected chi connectivity index (χ2v) is 6.92. The van der Waals surface area contributed by atoms with E-state index in [1.807, 2.05) is 0 Å². The van der Waals surface area contributed by atoms with Crippen LogP contribution in [0.4, 0.5) is 24.7 Å². The third kappa shape index (κ3) is 4.76. The van der Waals surface area contributed by atoms with Crippen molar-refractivity contribution in [3.8, 4) is 11.6 Å². The quantitative estimate of drug-likeness (QED) is 0.579. The molecule has 0 spiro atoms. The van der Waals surface area contributed by atoms with Crippen molar-refractivity contribution in [1.29, 1.82) is 0 Å². The summed E-state index contributed by atoms with van der Waals surface area (Å²) in [6.45, 7) is 0. The minimum absolute atomic E-state index is 0.0846. The number of carbonyl (C=O) groups is 1. The predicted molar refractivity (Wildman–Crippen MR) is 103 cm³/mol. The van der Waals surface area contributed by atoms with Crippen molar-refractivity contribution in [2.75, 3.05) is 12.4 Å². The summed E-state index contributed by atoms with van der Waals surface area (Å²) in [5.74, 6) is -0.915. The molecular formula is C18H15F3N4O4S. The molecule has 12 heteroatoms. The number of methoxy groups -OCH3 is 1. The molecule has 158 valence electrons. The number of ether oxygens (including phenoxy) is 1. The Hall–Kier alpha value is -3.41. The molecule has 3 rings (SSSR count). The topological polar surface area (TPSA) is 106 Å². The number of carboxylic acid groups (broad SMARTS) is 1. The van der Waals surface area contributed by atoms with Crippen molar-refractivity contribution in [3.05, 3.63) is 56.9 Å². The van der Waals surface area contributed by atoms with Gasteiger partial charge in [0, 0.05) is 24.2 Å². The zero-order valence-corrected chi connectivity index (χ0v) is 16.3. The van der Waals surface area contributed by atoms with Gasteiger partial charge in [-0.2, -0.15) is 13.2 Å². The highest BCUT2D eigenvalue weighted by Crippen LogP contribution is 2.35. The zero-order valence-electron chi connectivity index (χ0n) is 15.4. The van der Waals surface area contributed by atoms with E-state index in [2.05, 4.69) is 15.3 Å². The summed E-state index contributed by atoms with van der Waals surface area (Å²) >= 11 is 1.21. The summed E-state index contributed by atoms with van der Waals surface area (Å²) in [5, 5.41) is 13.6. The fourth-order valence-corrected chi connectivity index (χ4v) is 3.29. The summed E-state index contributed by atoms with van der Waals surface area (Å²) in [6.07, 6.45) is -1.68. The van der Waals surface area contributed by atoms with Crippen LogP contribution >= 0.6 is 11.3 Å². The van der Waals surface area contributed by atoms with Gasteiger partial charge in [0.25, 0.3) is 5.56 Å². The first-order valence-corrected chi connectivity index (χ1v) is 9.33. The third-order valence-electron chi connectivity index (χ3n) is 3.96. The Morgan fingerprint density at radius 1 is 1.37 bits per heavy atom. The van der Waals surface area contributed by atoms with E-state index in [0.717, 1.165) is 18.2 Å². The summed E-state index contributed by atoms with van der Waals surface area (Å²) in [4.78, 5) is 31.6. The number of benzene rings is 1. The van der Waals surface area contributed by atoms with Crippen molar-refractivity contribution in [2.24, 2.45) is 0 Å². The number of carboxylic acids is 1. The minimum Gasteiger partial charge on any atom is -0.495 e. The standard InChI is InChI=1S/C18H15F3N4O4S/c1-29-12-8-10(18(19,20)21)2-3-11(12)23-16-17(28)25(7-6-22-16)13-9-30-14(24-13)4-5-15(26)27/h2-3,6-9H,4-5H2,1H3,(H,22,23)(H,26,27). The van der Waals surface area contributed by atoms with Crippen LogP contribution in [0.25, 0.3) is 5.82 Å². The van der Waals surface area contributed by atoms with E-state index in [0.29, 0.717) is 5.01 Å². The molecule has 8 nitrogen and oxygen atoms in total. The van der Waals surface area contributed by atoms with Crippen molar-refractivity contribution >= 4 is 28.8 Å². The number of rotatable bonds is 7. The molecule has 0 radical (unpaired) electrons. The predicted octanol–water partition coefficient (Wildman–Crippen LogP) is 3.48. The van der Waals surface area contributed by atoms with Gasteiger partial charge in [-0.3, -0.25) is 14.2 Å². The van der Waals surface area contributed by atoms with Crippen LogP contribution in [0.3, 0.4) is 0 Å². The molecule has 0 aliphatic heterocycles. The molecule has 30 heavy (non-hydrogen) atoms. The van der Waals surface area contributed by atoms with Gasteiger partial charge >= 0.3 is 12.1 Å². The monoisotopic (exact) mass is 440 g/mol. The molecule has 0 amide bonds. The number of hydrogen-bond acceptors (Lipinski definition) is 7. The molecule has 0 unspecified atom stereocenters. The Morgan fingerprint density at radius 2 is 2.13 bits per heavy atom. The maximum Gasteiger partial charge on any atom is 0.416 e. The summed E-state index contributed by atoms with van der Waals surface area (Å²) < 4.78 is 44.9. The SMILES string of the molecule is COc1cc(C(F)(F)F)ccc1Nc1nccn(-c2csc(CCC(=O)O)n2)c1=O. The zero-order chi connectivity index (χ0) is 21.9. The number of halogens is 3. The number of nitrogens with one attached hydrogen (secondary N) is 1. The smallest absolute Gasteiger partial charge is 0.416 e. The van der Waals surface area contributed by atoms with Gasteiger partial charge in [0.2, 0.25) is 0 Å². The number of nitrogens with zero attached hydrogens (tertiary/aromatic N) is 3. The maximum atomic E-state index is 12.9. The number of aliphatic carboxylic acids is 1. The molecule has 0 saturated carbocycles. The van der Waals surface area contributed by atoms with Crippen LogP contribution in [0.2, 0.25) is 0 Å². The first-order chi connectivity index (χ1) is 14.2. The van der Waals surface area contributed by atoms with E-state index in [1.165, 1.54) is 35.4 Å². The molecule has 2 N–H and O–H groups in total. The van der Waals surface area contributed by atoms with Gasteiger partial charge in [-0.25, -0.2) is 9.97 Å². The molecule has 1 aromatic carbocycles. The molecule has 3 aromatic rings. The lowest BCUT2D eigenvalue weighted by Gasteiger charge is -2.14. The van der Waals surface area contributed by atoms with E-state index >= 15 is 0 Å². The molecule has 2 aromatic heterocycles. The van der Waals surface area contributed by atoms with E-state index in [-0.39, 0.29) is 35.9 Å². The fourth-order valence-electron chi connectivity index (χ4n) is 2.52. The lowest BCUT2D eigenvalue weighted by molar-refractivity contribution is -0.138. The first-order valence-electron chi connectivity index (χ1n) is 8.45. The van der Waals surface area contributed by atoms with Crippen LogP contribution in [0.1, 0.15) is 17.0 Å². The highest BCUT2D eigenvalue weighted by atomic mass is 32.1. The van der Waals surface area contributed by atoms with Crippen molar-refractivity contribution in [3.63, 3.8) is 0 Å². The van der Waals surface area contributed by atoms with Gasteiger partial charge in [-0.05, 0) is 18.2 Å². The summed E-state index contributed by atoms with van der Waals surface area (Å²) in [7, 11) is 1.21. The third-order valence-corrected chi connectivity index (χ3v) is 4.86. The van der Waals surface area contributed by atoms with Crippen LogP contribution in [-0.4, -0.2) is 32.7 Å². The Balaban J connectivity index is 1.89. The fraction of sp³-hybridized carbons (Fsp3) is 0.222. The second kappa shape index (κ2) is 8.53. The van der Waals surface area contributed by atoms with Crippen LogP contribution in [0, 0.1) is 0 Å². The Kier molecular flexibility index (Phi) is 6.06. The molecule has 0 bridgehead atoms. The summed E-state index contributed by atoms with van der Waals surface area (Å²) in [6, 6.07) is 2.83. The van der Waals surface area contributed by atoms with Crippen molar-refractivity contribution in [1.82, 2.24) is 14.5 Å². The van der Waals surface area contributed by atoms with Gasteiger partial charge in [0.1, 0.15) is 5.75 Å². The van der Waals surface area contributed by atoms with Gasteiger partial charge in [-0.15, -0.1) is 11.3 Å². The molecule has 0 fully saturated rings. The van der Waals surface area contributed by atoms with Crippen molar-refractivity contribution in [2.45, 2.75) is 19.0 Å². The van der Waals surface area contributed by atoms with Crippen LogP contribution in [-0.2, 0) is 17.4 Å².